The van der Waals surface area contributed by atoms with Gasteiger partial charge in [-0.3, -0.25) is 4.90 Å². The van der Waals surface area contributed by atoms with Crippen LogP contribution in [-0.2, 0) is 13.1 Å². The molecule has 1 saturated heterocycles. The summed E-state index contributed by atoms with van der Waals surface area (Å²) in [6, 6.07) is 17.2. The molecule has 0 atom stereocenters. The maximum Gasteiger partial charge on any atom is 0.191 e. The molecule has 0 saturated carbocycles. The van der Waals surface area contributed by atoms with Crippen LogP contribution in [0.3, 0.4) is 0 Å². The van der Waals surface area contributed by atoms with Gasteiger partial charge in [0.15, 0.2) is 17.5 Å². The van der Waals surface area contributed by atoms with Crippen molar-refractivity contribution in [3.8, 4) is 11.5 Å². The molecule has 1 heterocycles. The van der Waals surface area contributed by atoms with Gasteiger partial charge in [0.05, 0.1) is 20.3 Å². The number of likely N-dealkylation sites (tertiary alicyclic amines) is 1. The lowest BCUT2D eigenvalue weighted by Gasteiger charge is -2.33. The van der Waals surface area contributed by atoms with Crippen molar-refractivity contribution in [1.29, 1.82) is 0 Å². The van der Waals surface area contributed by atoms with Crippen molar-refractivity contribution in [3.05, 3.63) is 59.7 Å². The number of halogens is 1. The Balaban J connectivity index is 0.00000363. The van der Waals surface area contributed by atoms with Crippen LogP contribution in [0.1, 0.15) is 37.8 Å². The van der Waals surface area contributed by atoms with Gasteiger partial charge in [0.25, 0.3) is 0 Å². The molecule has 1 aliphatic heterocycles. The number of ether oxygens (including phenoxy) is 2. The molecular weight excluding hydrogens is 515 g/mol. The minimum Gasteiger partial charge on any atom is -0.493 e. The average molecular weight is 553 g/mol. The second-order valence-corrected chi connectivity index (χ2v) is 7.79. The van der Waals surface area contributed by atoms with Gasteiger partial charge in [-0.1, -0.05) is 36.4 Å². The highest BCUT2D eigenvalue weighted by Gasteiger charge is 2.20. The van der Waals surface area contributed by atoms with E-state index in [0.717, 1.165) is 62.0 Å². The fourth-order valence-electron chi connectivity index (χ4n) is 3.85. The predicted octanol–water partition coefficient (Wildman–Crippen LogP) is 4.43. The molecule has 3 rings (SSSR count). The minimum atomic E-state index is 0. The van der Waals surface area contributed by atoms with Crippen LogP contribution < -0.4 is 20.1 Å². The highest BCUT2D eigenvalue weighted by atomic mass is 127. The van der Waals surface area contributed by atoms with E-state index in [2.05, 4.69) is 52.8 Å². The number of hydrogen-bond acceptors (Lipinski definition) is 4. The van der Waals surface area contributed by atoms with Crippen LogP contribution in [0.15, 0.2) is 53.5 Å². The van der Waals surface area contributed by atoms with Crippen molar-refractivity contribution in [3.63, 3.8) is 0 Å². The first kappa shape index (κ1) is 26.3. The Labute approximate surface area is 209 Å². The summed E-state index contributed by atoms with van der Waals surface area (Å²) < 4.78 is 11.1. The van der Waals surface area contributed by atoms with E-state index in [4.69, 9.17) is 14.5 Å². The number of methoxy groups -OCH3 is 1. The van der Waals surface area contributed by atoms with E-state index in [1.165, 1.54) is 5.56 Å². The quantitative estimate of drug-likeness (QED) is 0.274. The van der Waals surface area contributed by atoms with Crippen LogP contribution >= 0.6 is 24.0 Å². The topological polar surface area (TPSA) is 58.1 Å². The molecule has 176 valence electrons. The molecule has 32 heavy (non-hydrogen) atoms. The number of guanidine groups is 1. The van der Waals surface area contributed by atoms with Gasteiger partial charge in [-0.15, -0.1) is 24.0 Å². The van der Waals surface area contributed by atoms with Gasteiger partial charge >= 0.3 is 0 Å². The smallest absolute Gasteiger partial charge is 0.191 e. The maximum atomic E-state index is 5.60. The number of benzene rings is 2. The molecule has 0 amide bonds. The summed E-state index contributed by atoms with van der Waals surface area (Å²) in [5.41, 5.74) is 2.48. The normalized spacial score (nSPS) is 15.0. The summed E-state index contributed by atoms with van der Waals surface area (Å²) in [4.78, 5) is 7.33. The Bertz CT molecular complexity index is 824. The van der Waals surface area contributed by atoms with Gasteiger partial charge in [-0.2, -0.15) is 0 Å². The molecule has 7 heteroatoms. The highest BCUT2D eigenvalue weighted by Crippen LogP contribution is 2.28. The fourth-order valence-corrected chi connectivity index (χ4v) is 3.85. The van der Waals surface area contributed by atoms with Crippen LogP contribution in [0.25, 0.3) is 0 Å². The van der Waals surface area contributed by atoms with Gasteiger partial charge in [0.2, 0.25) is 0 Å². The molecule has 0 unspecified atom stereocenters. The molecular formula is C25H37IN4O2. The monoisotopic (exact) mass is 552 g/mol. The molecule has 0 aromatic heterocycles. The van der Waals surface area contributed by atoms with Crippen molar-refractivity contribution in [1.82, 2.24) is 15.5 Å². The molecule has 0 radical (unpaired) electrons. The minimum absolute atomic E-state index is 0. The third-order valence-electron chi connectivity index (χ3n) is 5.47. The van der Waals surface area contributed by atoms with E-state index < -0.39 is 0 Å². The van der Waals surface area contributed by atoms with Crippen molar-refractivity contribution in [2.45, 2.75) is 45.8 Å². The Kier molecular flexibility index (Phi) is 11.7. The van der Waals surface area contributed by atoms with Gasteiger partial charge in [0.1, 0.15) is 0 Å². The summed E-state index contributed by atoms with van der Waals surface area (Å²) >= 11 is 0. The average Bonchev–Trinajstić information content (AvgIpc) is 2.80. The van der Waals surface area contributed by atoms with Crippen molar-refractivity contribution < 1.29 is 9.47 Å². The van der Waals surface area contributed by atoms with Crippen LogP contribution in [-0.4, -0.2) is 50.3 Å². The van der Waals surface area contributed by atoms with Crippen molar-refractivity contribution >= 4 is 29.9 Å². The van der Waals surface area contributed by atoms with E-state index in [1.54, 1.807) is 7.11 Å². The van der Waals surface area contributed by atoms with Gasteiger partial charge < -0.3 is 20.1 Å². The van der Waals surface area contributed by atoms with E-state index in [9.17, 15) is 0 Å². The maximum absolute atomic E-state index is 5.60. The molecule has 0 bridgehead atoms. The number of hydrogen-bond donors (Lipinski definition) is 2. The molecule has 0 aliphatic carbocycles. The number of piperidine rings is 1. The summed E-state index contributed by atoms with van der Waals surface area (Å²) in [6.45, 7) is 9.34. The predicted molar refractivity (Wildman–Crippen MR) is 142 cm³/mol. The van der Waals surface area contributed by atoms with Crippen molar-refractivity contribution in [2.75, 3.05) is 33.4 Å². The van der Waals surface area contributed by atoms with E-state index in [-0.39, 0.29) is 24.0 Å². The van der Waals surface area contributed by atoms with Gasteiger partial charge in [0, 0.05) is 32.2 Å². The molecule has 6 nitrogen and oxygen atoms in total. The Morgan fingerprint density at radius 2 is 1.78 bits per heavy atom. The van der Waals surface area contributed by atoms with Crippen LogP contribution in [0.4, 0.5) is 0 Å². The molecule has 2 aromatic carbocycles. The SMILES string of the molecule is CCNC(=NCc1ccc(OCC)c(OC)c1)NC1CCN(Cc2ccccc2)CC1.I. The standard InChI is InChI=1S/C25H36N4O2.HI/c1-4-26-25(27-18-21-11-12-23(31-5-2)24(17-21)30-3)28-22-13-15-29(16-14-22)19-20-9-7-6-8-10-20;/h6-12,17,22H,4-5,13-16,18-19H2,1-3H3,(H2,26,27,28);1H. The van der Waals surface area contributed by atoms with Crippen LogP contribution in [0.5, 0.6) is 11.5 Å². The zero-order chi connectivity index (χ0) is 21.9. The molecule has 2 N–H and O–H groups in total. The molecule has 1 aliphatic rings. The first-order chi connectivity index (χ1) is 15.2. The molecule has 0 spiro atoms. The van der Waals surface area contributed by atoms with Crippen LogP contribution in [0, 0.1) is 0 Å². The zero-order valence-electron chi connectivity index (χ0n) is 19.5. The summed E-state index contributed by atoms with van der Waals surface area (Å²) in [5, 5.41) is 7.01. The van der Waals surface area contributed by atoms with Gasteiger partial charge in [-0.25, -0.2) is 4.99 Å². The highest BCUT2D eigenvalue weighted by molar-refractivity contribution is 14.0. The summed E-state index contributed by atoms with van der Waals surface area (Å²) in [7, 11) is 1.67. The summed E-state index contributed by atoms with van der Waals surface area (Å²) in [5.74, 6) is 2.39. The lowest BCUT2D eigenvalue weighted by Crippen LogP contribution is -2.48. The summed E-state index contributed by atoms with van der Waals surface area (Å²) in [6.07, 6.45) is 2.24. The fraction of sp³-hybridized carbons (Fsp3) is 0.480. The Hall–Kier alpha value is -2.00. The number of aliphatic imine (C=N–C) groups is 1. The van der Waals surface area contributed by atoms with Crippen LogP contribution in [0.2, 0.25) is 0 Å². The largest absolute Gasteiger partial charge is 0.493 e. The molecule has 2 aromatic rings. The van der Waals surface area contributed by atoms with E-state index in [0.29, 0.717) is 19.2 Å². The number of nitrogens with one attached hydrogen (secondary N) is 2. The van der Waals surface area contributed by atoms with E-state index >= 15 is 0 Å². The zero-order valence-corrected chi connectivity index (χ0v) is 21.8. The lowest BCUT2D eigenvalue weighted by molar-refractivity contribution is 0.198. The second-order valence-electron chi connectivity index (χ2n) is 7.79. The first-order valence-corrected chi connectivity index (χ1v) is 11.3. The third kappa shape index (κ3) is 8.16. The Morgan fingerprint density at radius 1 is 1.03 bits per heavy atom. The third-order valence-corrected chi connectivity index (χ3v) is 5.47. The number of rotatable bonds is 9. The van der Waals surface area contributed by atoms with Crippen molar-refractivity contribution in [2.24, 2.45) is 4.99 Å². The van der Waals surface area contributed by atoms with E-state index in [1.807, 2.05) is 25.1 Å². The number of nitrogens with zero attached hydrogens (tertiary/aromatic N) is 2. The Morgan fingerprint density at radius 3 is 2.44 bits per heavy atom. The second kappa shape index (κ2) is 14.2. The lowest BCUT2D eigenvalue weighted by atomic mass is 10.0. The first-order valence-electron chi connectivity index (χ1n) is 11.3. The van der Waals surface area contributed by atoms with Gasteiger partial charge in [-0.05, 0) is 49.9 Å². The molecule has 1 fully saturated rings.